The van der Waals surface area contributed by atoms with Gasteiger partial charge < -0.3 is 5.73 Å². The molecular formula is C14H20FN. The Morgan fingerprint density at radius 3 is 2.44 bits per heavy atom. The Morgan fingerprint density at radius 2 is 1.81 bits per heavy atom. The molecular weight excluding hydrogens is 201 g/mol. The molecule has 2 heteroatoms. The lowest BCUT2D eigenvalue weighted by atomic mass is 9.76. The lowest BCUT2D eigenvalue weighted by Gasteiger charge is -2.30. The van der Waals surface area contributed by atoms with Crippen LogP contribution >= 0.6 is 0 Å². The number of alkyl halides is 1. The summed E-state index contributed by atoms with van der Waals surface area (Å²) in [5.41, 5.74) is 8.01. The zero-order chi connectivity index (χ0) is 11.4. The maximum absolute atomic E-state index is 12.9. The predicted octanol–water partition coefficient (Wildman–Crippen LogP) is 3.39. The Balaban J connectivity index is 2.14. The van der Waals surface area contributed by atoms with Crippen LogP contribution in [0.5, 0.6) is 0 Å². The summed E-state index contributed by atoms with van der Waals surface area (Å²) in [6.07, 6.45) is 4.60. The summed E-state index contributed by atoms with van der Waals surface area (Å²) in [6.45, 7) is 0.404. The van der Waals surface area contributed by atoms with E-state index in [4.69, 9.17) is 5.73 Å². The molecule has 0 aliphatic heterocycles. The summed E-state index contributed by atoms with van der Waals surface area (Å²) in [6, 6.07) is 8.39. The molecule has 88 valence electrons. The summed E-state index contributed by atoms with van der Waals surface area (Å²) >= 11 is 0. The van der Waals surface area contributed by atoms with Crippen LogP contribution < -0.4 is 5.73 Å². The van der Waals surface area contributed by atoms with Crippen molar-refractivity contribution in [2.45, 2.75) is 38.1 Å². The molecule has 1 aromatic rings. The largest absolute Gasteiger partial charge is 0.326 e. The van der Waals surface area contributed by atoms with Gasteiger partial charge in [-0.05, 0) is 35.8 Å². The van der Waals surface area contributed by atoms with Gasteiger partial charge in [-0.2, -0.15) is 0 Å². The third-order valence-corrected chi connectivity index (χ3v) is 3.75. The van der Waals surface area contributed by atoms with Gasteiger partial charge in [0.05, 0.1) is 6.67 Å². The molecule has 0 heterocycles. The van der Waals surface area contributed by atoms with Crippen LogP contribution in [0.15, 0.2) is 24.3 Å². The summed E-state index contributed by atoms with van der Waals surface area (Å²) in [4.78, 5) is 0. The van der Waals surface area contributed by atoms with E-state index in [1.807, 2.05) is 0 Å². The fourth-order valence-corrected chi connectivity index (χ4v) is 2.73. The molecule has 0 bridgehead atoms. The van der Waals surface area contributed by atoms with Crippen LogP contribution in [-0.2, 0) is 6.54 Å². The molecule has 1 aromatic carbocycles. The maximum atomic E-state index is 12.9. The minimum atomic E-state index is -0.177. The van der Waals surface area contributed by atoms with Gasteiger partial charge in [-0.3, -0.25) is 4.39 Å². The average Bonchev–Trinajstić information content (AvgIpc) is 2.39. The number of benzene rings is 1. The van der Waals surface area contributed by atoms with E-state index in [0.717, 1.165) is 18.4 Å². The summed E-state index contributed by atoms with van der Waals surface area (Å²) in [5, 5.41) is 0. The smallest absolute Gasteiger partial charge is 0.0928 e. The van der Waals surface area contributed by atoms with Gasteiger partial charge in [0.1, 0.15) is 0 Å². The molecule has 2 rings (SSSR count). The molecule has 1 saturated carbocycles. The van der Waals surface area contributed by atoms with Crippen LogP contribution in [0.2, 0.25) is 0 Å². The van der Waals surface area contributed by atoms with Gasteiger partial charge in [0.2, 0.25) is 0 Å². The van der Waals surface area contributed by atoms with E-state index in [2.05, 4.69) is 24.3 Å². The third kappa shape index (κ3) is 2.43. The highest BCUT2D eigenvalue weighted by molar-refractivity contribution is 5.26. The molecule has 0 amide bonds. The zero-order valence-electron chi connectivity index (χ0n) is 9.66. The van der Waals surface area contributed by atoms with E-state index in [-0.39, 0.29) is 12.6 Å². The average molecular weight is 221 g/mol. The number of rotatable bonds is 3. The minimum Gasteiger partial charge on any atom is -0.326 e. The second kappa shape index (κ2) is 5.44. The summed E-state index contributed by atoms with van der Waals surface area (Å²) in [7, 11) is 0. The molecule has 1 aliphatic carbocycles. The molecule has 0 radical (unpaired) electrons. The topological polar surface area (TPSA) is 26.0 Å². The molecule has 0 saturated heterocycles. The minimum absolute atomic E-state index is 0.177. The van der Waals surface area contributed by atoms with Crippen molar-refractivity contribution in [1.29, 1.82) is 0 Å². The predicted molar refractivity (Wildman–Crippen MR) is 65.0 cm³/mol. The second-order valence-corrected chi connectivity index (χ2v) is 4.75. The molecule has 16 heavy (non-hydrogen) atoms. The van der Waals surface area contributed by atoms with Crippen LogP contribution in [0.3, 0.4) is 0 Å². The Labute approximate surface area is 96.9 Å². The number of hydrogen-bond acceptors (Lipinski definition) is 1. The van der Waals surface area contributed by atoms with E-state index >= 15 is 0 Å². The monoisotopic (exact) mass is 221 g/mol. The molecule has 0 aromatic heterocycles. The molecule has 1 aliphatic rings. The van der Waals surface area contributed by atoms with Crippen molar-refractivity contribution in [1.82, 2.24) is 0 Å². The number of nitrogens with two attached hydrogens (primary N) is 1. The van der Waals surface area contributed by atoms with Gasteiger partial charge in [-0.15, -0.1) is 0 Å². The highest BCUT2D eigenvalue weighted by Gasteiger charge is 2.26. The summed E-state index contributed by atoms with van der Waals surface area (Å²) < 4.78 is 12.9. The van der Waals surface area contributed by atoms with Crippen LogP contribution in [0.1, 0.15) is 42.7 Å². The van der Waals surface area contributed by atoms with Crippen molar-refractivity contribution in [3.63, 3.8) is 0 Å². The first-order valence-electron chi connectivity index (χ1n) is 6.20. The first-order chi connectivity index (χ1) is 7.85. The summed E-state index contributed by atoms with van der Waals surface area (Å²) in [5.74, 6) is 0.656. The quantitative estimate of drug-likeness (QED) is 0.832. The lowest BCUT2D eigenvalue weighted by Crippen LogP contribution is -2.19. The number of halogens is 1. The van der Waals surface area contributed by atoms with Gasteiger partial charge in [0.25, 0.3) is 0 Å². The molecule has 1 fully saturated rings. The van der Waals surface area contributed by atoms with Crippen molar-refractivity contribution < 1.29 is 4.39 Å². The fourth-order valence-electron chi connectivity index (χ4n) is 2.73. The molecule has 2 N–H and O–H groups in total. The molecule has 2 atom stereocenters. The first-order valence-corrected chi connectivity index (χ1v) is 6.20. The Bertz CT molecular complexity index is 320. The van der Waals surface area contributed by atoms with Crippen LogP contribution in [0.4, 0.5) is 4.39 Å². The normalized spacial score (nSPS) is 25.6. The van der Waals surface area contributed by atoms with Crippen LogP contribution in [-0.4, -0.2) is 6.67 Å². The van der Waals surface area contributed by atoms with E-state index in [9.17, 15) is 4.39 Å². The van der Waals surface area contributed by atoms with Crippen molar-refractivity contribution in [3.8, 4) is 0 Å². The molecule has 1 nitrogen and oxygen atoms in total. The first kappa shape index (κ1) is 11.6. The van der Waals surface area contributed by atoms with E-state index in [1.165, 1.54) is 18.4 Å². The van der Waals surface area contributed by atoms with Crippen molar-refractivity contribution >= 4 is 0 Å². The van der Waals surface area contributed by atoms with Crippen LogP contribution in [0.25, 0.3) is 0 Å². The molecule has 2 unspecified atom stereocenters. The fraction of sp³-hybridized carbons (Fsp3) is 0.571. The van der Waals surface area contributed by atoms with Gasteiger partial charge in [0, 0.05) is 6.54 Å². The van der Waals surface area contributed by atoms with Gasteiger partial charge >= 0.3 is 0 Å². The Morgan fingerprint density at radius 1 is 1.12 bits per heavy atom. The van der Waals surface area contributed by atoms with E-state index in [0.29, 0.717) is 12.5 Å². The zero-order valence-corrected chi connectivity index (χ0v) is 9.66. The molecule has 0 spiro atoms. The number of hydrogen-bond donors (Lipinski definition) is 1. The Kier molecular flexibility index (Phi) is 3.94. The van der Waals surface area contributed by atoms with Crippen molar-refractivity contribution in [2.24, 2.45) is 11.7 Å². The third-order valence-electron chi connectivity index (χ3n) is 3.75. The van der Waals surface area contributed by atoms with Gasteiger partial charge in [-0.1, -0.05) is 37.1 Å². The van der Waals surface area contributed by atoms with Gasteiger partial charge in [-0.25, -0.2) is 0 Å². The van der Waals surface area contributed by atoms with Crippen molar-refractivity contribution in [3.05, 3.63) is 35.4 Å². The lowest BCUT2D eigenvalue weighted by molar-refractivity contribution is 0.245. The second-order valence-electron chi connectivity index (χ2n) is 4.75. The van der Waals surface area contributed by atoms with Gasteiger partial charge in [0.15, 0.2) is 0 Å². The standard InChI is InChI=1S/C14H20FN/c15-9-13-3-1-2-4-14(13)12-7-5-11(10-16)6-8-12/h5-8,13-14H,1-4,9-10,16H2. The highest BCUT2D eigenvalue weighted by atomic mass is 19.1. The van der Waals surface area contributed by atoms with Crippen molar-refractivity contribution in [2.75, 3.05) is 6.67 Å². The Hall–Kier alpha value is -0.890. The SMILES string of the molecule is NCc1ccc(C2CCCCC2CF)cc1. The van der Waals surface area contributed by atoms with Crippen LogP contribution in [0, 0.1) is 5.92 Å². The van der Waals surface area contributed by atoms with E-state index < -0.39 is 0 Å². The van der Waals surface area contributed by atoms with E-state index in [1.54, 1.807) is 0 Å². The maximum Gasteiger partial charge on any atom is 0.0928 e. The highest BCUT2D eigenvalue weighted by Crippen LogP contribution is 2.37.